The van der Waals surface area contributed by atoms with Crippen LogP contribution >= 0.6 is 0 Å². The van der Waals surface area contributed by atoms with Crippen LogP contribution in [-0.2, 0) is 4.79 Å². The molecule has 1 rings (SSSR count). The lowest BCUT2D eigenvalue weighted by atomic mass is 9.85. The third-order valence-corrected chi connectivity index (χ3v) is 4.16. The van der Waals surface area contributed by atoms with Gasteiger partial charge in [-0.1, -0.05) is 58.3 Å². The van der Waals surface area contributed by atoms with E-state index in [9.17, 15) is 9.90 Å². The van der Waals surface area contributed by atoms with Crippen molar-refractivity contribution in [1.29, 1.82) is 0 Å². The second-order valence-electron chi connectivity index (χ2n) is 6.08. The van der Waals surface area contributed by atoms with Crippen molar-refractivity contribution in [2.45, 2.75) is 89.6 Å². The Hall–Kier alpha value is -0.570. The highest BCUT2D eigenvalue weighted by molar-refractivity contribution is 5.75. The van der Waals surface area contributed by atoms with E-state index in [0.29, 0.717) is 13.0 Å². The van der Waals surface area contributed by atoms with E-state index >= 15 is 0 Å². The fourth-order valence-electron chi connectivity index (χ4n) is 2.80. The molecule has 0 spiro atoms. The number of carbonyl (C=O) groups excluding carboxylic acids is 1. The van der Waals surface area contributed by atoms with Gasteiger partial charge in [-0.25, -0.2) is 0 Å². The SMILES string of the molecule is CCCCCCCCC(=O)NCC1(O)CCCCC1. The molecule has 0 unspecified atom stereocenters. The molecule has 0 saturated heterocycles. The van der Waals surface area contributed by atoms with Crippen molar-refractivity contribution in [1.82, 2.24) is 5.32 Å². The summed E-state index contributed by atoms with van der Waals surface area (Å²) in [5, 5.41) is 13.2. The lowest BCUT2D eigenvalue weighted by molar-refractivity contribution is -0.122. The molecule has 1 saturated carbocycles. The van der Waals surface area contributed by atoms with E-state index in [1.54, 1.807) is 0 Å². The van der Waals surface area contributed by atoms with Gasteiger partial charge in [0.2, 0.25) is 5.91 Å². The third kappa shape index (κ3) is 7.56. The van der Waals surface area contributed by atoms with Crippen LogP contribution in [0.25, 0.3) is 0 Å². The number of aliphatic hydroxyl groups is 1. The standard InChI is InChI=1S/C16H31NO2/c1-2-3-4-5-6-8-11-15(18)17-14-16(19)12-9-7-10-13-16/h19H,2-14H2,1H3,(H,17,18). The summed E-state index contributed by atoms with van der Waals surface area (Å²) in [7, 11) is 0. The largest absolute Gasteiger partial charge is 0.388 e. The molecule has 0 heterocycles. The molecule has 1 aliphatic carbocycles. The molecule has 0 aromatic rings. The van der Waals surface area contributed by atoms with Crippen molar-refractivity contribution in [3.05, 3.63) is 0 Å². The topological polar surface area (TPSA) is 49.3 Å². The highest BCUT2D eigenvalue weighted by Crippen LogP contribution is 2.27. The van der Waals surface area contributed by atoms with Crippen LogP contribution in [0.2, 0.25) is 0 Å². The van der Waals surface area contributed by atoms with Gasteiger partial charge in [-0.15, -0.1) is 0 Å². The highest BCUT2D eigenvalue weighted by atomic mass is 16.3. The van der Waals surface area contributed by atoms with Crippen LogP contribution in [0.3, 0.4) is 0 Å². The molecule has 0 radical (unpaired) electrons. The Kier molecular flexibility index (Phi) is 8.11. The second-order valence-corrected chi connectivity index (χ2v) is 6.08. The van der Waals surface area contributed by atoms with Gasteiger partial charge >= 0.3 is 0 Å². The smallest absolute Gasteiger partial charge is 0.220 e. The lowest BCUT2D eigenvalue weighted by Gasteiger charge is -2.32. The maximum atomic E-state index is 11.7. The maximum Gasteiger partial charge on any atom is 0.220 e. The number of amides is 1. The molecule has 0 atom stereocenters. The van der Waals surface area contributed by atoms with Crippen molar-refractivity contribution < 1.29 is 9.90 Å². The average Bonchev–Trinajstić information content (AvgIpc) is 2.41. The maximum absolute atomic E-state index is 11.7. The van der Waals surface area contributed by atoms with E-state index in [-0.39, 0.29) is 5.91 Å². The molecular formula is C16H31NO2. The van der Waals surface area contributed by atoms with Crippen LogP contribution in [0.4, 0.5) is 0 Å². The first-order chi connectivity index (χ1) is 9.16. The fourth-order valence-corrected chi connectivity index (χ4v) is 2.80. The van der Waals surface area contributed by atoms with Crippen LogP contribution in [0.1, 0.15) is 84.0 Å². The van der Waals surface area contributed by atoms with Gasteiger partial charge in [0.15, 0.2) is 0 Å². The van der Waals surface area contributed by atoms with Crippen molar-refractivity contribution in [2.75, 3.05) is 6.54 Å². The van der Waals surface area contributed by atoms with Crippen molar-refractivity contribution >= 4 is 5.91 Å². The summed E-state index contributed by atoms with van der Waals surface area (Å²) in [5.74, 6) is 0.106. The zero-order chi connectivity index (χ0) is 14.0. The summed E-state index contributed by atoms with van der Waals surface area (Å²) >= 11 is 0. The Bertz CT molecular complexity index is 247. The van der Waals surface area contributed by atoms with Crippen molar-refractivity contribution in [2.24, 2.45) is 0 Å². The second kappa shape index (κ2) is 9.35. The fraction of sp³-hybridized carbons (Fsp3) is 0.938. The minimum absolute atomic E-state index is 0.106. The predicted molar refractivity (Wildman–Crippen MR) is 79.0 cm³/mol. The monoisotopic (exact) mass is 269 g/mol. The predicted octanol–water partition coefficient (Wildman–Crippen LogP) is 3.55. The summed E-state index contributed by atoms with van der Waals surface area (Å²) in [6, 6.07) is 0. The van der Waals surface area contributed by atoms with E-state index in [1.165, 1.54) is 32.1 Å². The number of carbonyl (C=O) groups is 1. The summed E-state index contributed by atoms with van der Waals surface area (Å²) in [5.41, 5.74) is -0.630. The average molecular weight is 269 g/mol. The number of unbranched alkanes of at least 4 members (excludes halogenated alkanes) is 5. The molecule has 0 aromatic heterocycles. The molecule has 1 amide bonds. The van der Waals surface area contributed by atoms with E-state index in [2.05, 4.69) is 12.2 Å². The van der Waals surface area contributed by atoms with Crippen LogP contribution < -0.4 is 5.32 Å². The summed E-state index contributed by atoms with van der Waals surface area (Å²) in [6.07, 6.45) is 12.9. The molecule has 1 aliphatic rings. The van der Waals surface area contributed by atoms with Gasteiger partial charge in [0.25, 0.3) is 0 Å². The van der Waals surface area contributed by atoms with Crippen LogP contribution in [0, 0.1) is 0 Å². The molecule has 3 nitrogen and oxygen atoms in total. The number of hydrogen-bond donors (Lipinski definition) is 2. The number of nitrogens with one attached hydrogen (secondary N) is 1. The zero-order valence-corrected chi connectivity index (χ0v) is 12.5. The summed E-state index contributed by atoms with van der Waals surface area (Å²) in [4.78, 5) is 11.7. The molecule has 112 valence electrons. The summed E-state index contributed by atoms with van der Waals surface area (Å²) < 4.78 is 0. The van der Waals surface area contributed by atoms with Gasteiger partial charge in [-0.2, -0.15) is 0 Å². The zero-order valence-electron chi connectivity index (χ0n) is 12.5. The van der Waals surface area contributed by atoms with Crippen LogP contribution in [-0.4, -0.2) is 23.2 Å². The molecule has 0 aliphatic heterocycles. The van der Waals surface area contributed by atoms with Crippen molar-refractivity contribution in [3.63, 3.8) is 0 Å². The van der Waals surface area contributed by atoms with E-state index in [1.807, 2.05) is 0 Å². The van der Waals surface area contributed by atoms with Gasteiger partial charge in [-0.05, 0) is 19.3 Å². The lowest BCUT2D eigenvalue weighted by Crippen LogP contribution is -2.44. The number of hydrogen-bond acceptors (Lipinski definition) is 2. The van der Waals surface area contributed by atoms with E-state index < -0.39 is 5.60 Å². The minimum atomic E-state index is -0.630. The first-order valence-electron chi connectivity index (χ1n) is 8.15. The Labute approximate surface area is 118 Å². The van der Waals surface area contributed by atoms with Gasteiger partial charge in [-0.3, -0.25) is 4.79 Å². The quantitative estimate of drug-likeness (QED) is 0.629. The molecule has 3 heteroatoms. The Morgan fingerprint density at radius 1 is 1.05 bits per heavy atom. The first kappa shape index (κ1) is 16.5. The molecular weight excluding hydrogens is 238 g/mol. The van der Waals surface area contributed by atoms with Crippen LogP contribution in [0.5, 0.6) is 0 Å². The Morgan fingerprint density at radius 3 is 2.37 bits per heavy atom. The van der Waals surface area contributed by atoms with Gasteiger partial charge in [0, 0.05) is 13.0 Å². The third-order valence-electron chi connectivity index (χ3n) is 4.16. The highest BCUT2D eigenvalue weighted by Gasteiger charge is 2.29. The normalized spacial score (nSPS) is 18.2. The first-order valence-corrected chi connectivity index (χ1v) is 8.15. The molecule has 0 bridgehead atoms. The molecule has 19 heavy (non-hydrogen) atoms. The van der Waals surface area contributed by atoms with E-state index in [0.717, 1.165) is 38.5 Å². The molecule has 0 aromatic carbocycles. The van der Waals surface area contributed by atoms with Gasteiger partial charge < -0.3 is 10.4 Å². The molecule has 2 N–H and O–H groups in total. The van der Waals surface area contributed by atoms with E-state index in [4.69, 9.17) is 0 Å². The van der Waals surface area contributed by atoms with Crippen LogP contribution in [0.15, 0.2) is 0 Å². The van der Waals surface area contributed by atoms with Crippen molar-refractivity contribution in [3.8, 4) is 0 Å². The van der Waals surface area contributed by atoms with Gasteiger partial charge in [0.1, 0.15) is 0 Å². The summed E-state index contributed by atoms with van der Waals surface area (Å²) in [6.45, 7) is 2.66. The minimum Gasteiger partial charge on any atom is -0.388 e. The van der Waals surface area contributed by atoms with Gasteiger partial charge in [0.05, 0.1) is 5.60 Å². The Balaban J connectivity index is 2.01. The number of rotatable bonds is 9. The molecule has 1 fully saturated rings. The Morgan fingerprint density at radius 2 is 1.68 bits per heavy atom.